The first-order valence-corrected chi connectivity index (χ1v) is 24.2. The molecule has 0 aliphatic rings. The van der Waals surface area contributed by atoms with E-state index in [0.717, 1.165) is 57.8 Å². The van der Waals surface area contributed by atoms with Crippen molar-refractivity contribution >= 4 is 5.97 Å². The SMILES string of the molecule is CC/C=C\C/C=C\C/C=C\C/C=C\C/C=C\CCCCCCCCCCCC(=O)OC(CO)COCCCCCCCCCCCC/C=C\C/C=C\CCCCC. The third-order valence-corrected chi connectivity index (χ3v) is 10.2. The summed E-state index contributed by atoms with van der Waals surface area (Å²) in [7, 11) is 0. The molecule has 0 saturated carbocycles. The van der Waals surface area contributed by atoms with Crippen LogP contribution in [-0.4, -0.2) is 37.0 Å². The molecule has 0 amide bonds. The van der Waals surface area contributed by atoms with Gasteiger partial charge in [-0.2, -0.15) is 0 Å². The minimum absolute atomic E-state index is 0.179. The van der Waals surface area contributed by atoms with E-state index in [1.165, 1.54) is 141 Å². The van der Waals surface area contributed by atoms with E-state index >= 15 is 0 Å². The molecule has 0 aromatic carbocycles. The molecule has 0 saturated heterocycles. The molecule has 4 nitrogen and oxygen atoms in total. The summed E-state index contributed by atoms with van der Waals surface area (Å²) in [4.78, 5) is 12.3. The number of carbonyl (C=O) groups is 1. The van der Waals surface area contributed by atoms with Crippen LogP contribution >= 0.6 is 0 Å². The number of aliphatic hydroxyl groups excluding tert-OH is 1. The van der Waals surface area contributed by atoms with Crippen molar-refractivity contribution in [3.8, 4) is 0 Å². The molecule has 0 radical (unpaired) electrons. The first-order chi connectivity index (χ1) is 28.2. The average Bonchev–Trinajstić information content (AvgIpc) is 3.22. The number of hydrogen-bond acceptors (Lipinski definition) is 4. The zero-order chi connectivity index (χ0) is 41.2. The molecule has 0 rings (SSSR count). The summed E-state index contributed by atoms with van der Waals surface area (Å²) in [5.41, 5.74) is 0. The average molecular weight is 793 g/mol. The Morgan fingerprint density at radius 2 is 0.789 bits per heavy atom. The predicted octanol–water partition coefficient (Wildman–Crippen LogP) is 16.3. The minimum Gasteiger partial charge on any atom is -0.457 e. The third-order valence-electron chi connectivity index (χ3n) is 10.2. The molecular weight excluding hydrogens is 701 g/mol. The fourth-order valence-electron chi connectivity index (χ4n) is 6.62. The van der Waals surface area contributed by atoms with Gasteiger partial charge in [-0.25, -0.2) is 0 Å². The molecule has 0 aromatic heterocycles. The van der Waals surface area contributed by atoms with Crippen LogP contribution in [0.4, 0.5) is 0 Å². The number of unbranched alkanes of at least 4 members (excludes halogenated alkanes) is 22. The first-order valence-electron chi connectivity index (χ1n) is 24.2. The lowest BCUT2D eigenvalue weighted by atomic mass is 10.1. The van der Waals surface area contributed by atoms with E-state index in [4.69, 9.17) is 9.47 Å². The van der Waals surface area contributed by atoms with Gasteiger partial charge < -0.3 is 14.6 Å². The second kappa shape index (κ2) is 49.7. The van der Waals surface area contributed by atoms with Gasteiger partial charge in [0.1, 0.15) is 6.10 Å². The molecule has 1 atom stereocenters. The summed E-state index contributed by atoms with van der Waals surface area (Å²) in [6.07, 6.45) is 69.4. The van der Waals surface area contributed by atoms with Gasteiger partial charge >= 0.3 is 5.97 Å². The van der Waals surface area contributed by atoms with Gasteiger partial charge in [0.25, 0.3) is 0 Å². The molecule has 0 aliphatic carbocycles. The smallest absolute Gasteiger partial charge is 0.306 e. The fraction of sp³-hybridized carbons (Fsp3) is 0.717. The Morgan fingerprint density at radius 3 is 1.19 bits per heavy atom. The highest BCUT2D eigenvalue weighted by atomic mass is 16.6. The molecular formula is C53H92O4. The van der Waals surface area contributed by atoms with Crippen molar-refractivity contribution in [2.45, 2.75) is 225 Å². The summed E-state index contributed by atoms with van der Waals surface area (Å²) in [5, 5.41) is 9.64. The topological polar surface area (TPSA) is 55.8 Å². The van der Waals surface area contributed by atoms with E-state index in [1.54, 1.807) is 0 Å². The second-order valence-electron chi connectivity index (χ2n) is 15.8. The Balaban J connectivity index is 3.47. The number of esters is 1. The Labute approximate surface area is 354 Å². The Hall–Kier alpha value is -2.43. The highest BCUT2D eigenvalue weighted by Crippen LogP contribution is 2.14. The van der Waals surface area contributed by atoms with Gasteiger partial charge in [0.2, 0.25) is 0 Å². The van der Waals surface area contributed by atoms with Crippen LogP contribution in [0.2, 0.25) is 0 Å². The van der Waals surface area contributed by atoms with Crippen molar-refractivity contribution in [2.75, 3.05) is 19.8 Å². The van der Waals surface area contributed by atoms with E-state index in [2.05, 4.69) is 98.9 Å². The largest absolute Gasteiger partial charge is 0.457 e. The molecule has 0 heterocycles. The molecule has 0 fully saturated rings. The van der Waals surface area contributed by atoms with E-state index in [0.29, 0.717) is 13.0 Å². The summed E-state index contributed by atoms with van der Waals surface area (Å²) >= 11 is 0. The number of hydrogen-bond donors (Lipinski definition) is 1. The maximum atomic E-state index is 12.3. The van der Waals surface area contributed by atoms with Gasteiger partial charge in [-0.1, -0.05) is 208 Å². The van der Waals surface area contributed by atoms with Gasteiger partial charge in [0.05, 0.1) is 13.2 Å². The lowest BCUT2D eigenvalue weighted by Crippen LogP contribution is -2.27. The van der Waals surface area contributed by atoms with E-state index in [1.807, 2.05) is 0 Å². The Morgan fingerprint density at radius 1 is 0.439 bits per heavy atom. The Kier molecular flexibility index (Phi) is 47.6. The molecule has 1 N–H and O–H groups in total. The molecule has 0 spiro atoms. The summed E-state index contributed by atoms with van der Waals surface area (Å²) in [5.74, 6) is -0.210. The van der Waals surface area contributed by atoms with E-state index < -0.39 is 6.10 Å². The number of ether oxygens (including phenoxy) is 2. The van der Waals surface area contributed by atoms with E-state index in [-0.39, 0.29) is 19.2 Å². The zero-order valence-electron chi connectivity index (χ0n) is 37.6. The van der Waals surface area contributed by atoms with Gasteiger partial charge in [-0.05, 0) is 89.9 Å². The maximum Gasteiger partial charge on any atom is 0.306 e. The van der Waals surface area contributed by atoms with Gasteiger partial charge in [-0.15, -0.1) is 0 Å². The summed E-state index contributed by atoms with van der Waals surface area (Å²) < 4.78 is 11.2. The molecule has 0 bridgehead atoms. The Bertz CT molecular complexity index is 1020. The monoisotopic (exact) mass is 793 g/mol. The van der Waals surface area contributed by atoms with E-state index in [9.17, 15) is 9.90 Å². The molecule has 0 aliphatic heterocycles. The van der Waals surface area contributed by atoms with Crippen LogP contribution in [0.3, 0.4) is 0 Å². The highest BCUT2D eigenvalue weighted by molar-refractivity contribution is 5.69. The van der Waals surface area contributed by atoms with Gasteiger partial charge in [0, 0.05) is 13.0 Å². The lowest BCUT2D eigenvalue weighted by molar-refractivity contribution is -0.154. The fourth-order valence-corrected chi connectivity index (χ4v) is 6.62. The molecule has 1 unspecified atom stereocenters. The van der Waals surface area contributed by atoms with Gasteiger partial charge in [-0.3, -0.25) is 4.79 Å². The lowest BCUT2D eigenvalue weighted by Gasteiger charge is -2.16. The van der Waals surface area contributed by atoms with Crippen LogP contribution in [0, 0.1) is 0 Å². The van der Waals surface area contributed by atoms with Crippen molar-refractivity contribution < 1.29 is 19.4 Å². The van der Waals surface area contributed by atoms with Crippen LogP contribution < -0.4 is 0 Å². The van der Waals surface area contributed by atoms with Gasteiger partial charge in [0.15, 0.2) is 0 Å². The molecule has 4 heteroatoms. The minimum atomic E-state index is -0.545. The quantitative estimate of drug-likeness (QED) is 0.0379. The maximum absolute atomic E-state index is 12.3. The van der Waals surface area contributed by atoms with Crippen LogP contribution in [0.5, 0.6) is 0 Å². The van der Waals surface area contributed by atoms with Crippen molar-refractivity contribution in [1.29, 1.82) is 0 Å². The molecule has 328 valence electrons. The van der Waals surface area contributed by atoms with Crippen molar-refractivity contribution in [2.24, 2.45) is 0 Å². The van der Waals surface area contributed by atoms with Crippen LogP contribution in [-0.2, 0) is 14.3 Å². The zero-order valence-corrected chi connectivity index (χ0v) is 37.6. The number of aliphatic hydroxyl groups is 1. The van der Waals surface area contributed by atoms with Crippen molar-refractivity contribution in [3.05, 3.63) is 85.1 Å². The first kappa shape index (κ1) is 54.6. The van der Waals surface area contributed by atoms with Crippen molar-refractivity contribution in [1.82, 2.24) is 0 Å². The summed E-state index contributed by atoms with van der Waals surface area (Å²) in [6, 6.07) is 0. The van der Waals surface area contributed by atoms with Crippen LogP contribution in [0.15, 0.2) is 85.1 Å². The number of allylic oxidation sites excluding steroid dienone is 14. The third kappa shape index (κ3) is 47.8. The predicted molar refractivity (Wildman–Crippen MR) is 251 cm³/mol. The van der Waals surface area contributed by atoms with Crippen LogP contribution in [0.25, 0.3) is 0 Å². The number of carbonyl (C=O) groups excluding carboxylic acids is 1. The highest BCUT2D eigenvalue weighted by Gasteiger charge is 2.13. The van der Waals surface area contributed by atoms with Crippen LogP contribution in [0.1, 0.15) is 219 Å². The second-order valence-corrected chi connectivity index (χ2v) is 15.8. The standard InChI is InChI=1S/C53H92O4/c1-3-5-7-9-11-13-15-17-19-21-23-25-26-27-28-29-30-32-34-36-38-40-42-44-46-48-53(55)57-52(50-54)51-56-49-47-45-43-41-39-37-35-33-31-24-22-20-18-16-14-12-10-8-6-4-2/h5,7,11-14,17-20,23,25,27-28,52,54H,3-4,6,8-10,15-16,21-22,24,26,29-51H2,1-2H3/b7-5-,13-11-,14-12-,19-17-,20-18-,25-23-,28-27-. The number of rotatable bonds is 44. The normalized spacial score (nSPS) is 13.1. The molecule has 57 heavy (non-hydrogen) atoms. The summed E-state index contributed by atoms with van der Waals surface area (Å²) in [6.45, 7) is 5.20. The molecule has 0 aromatic rings. The van der Waals surface area contributed by atoms with Crippen molar-refractivity contribution in [3.63, 3.8) is 0 Å².